The molecule has 58 valence electrons. The van der Waals surface area contributed by atoms with E-state index in [9.17, 15) is 4.79 Å². The second-order valence-electron chi connectivity index (χ2n) is 2.01. The fraction of sp³-hybridized carbons (Fsp3) is 0.125. The van der Waals surface area contributed by atoms with Gasteiger partial charge in [-0.2, -0.15) is 0 Å². The molecular weight excluding hydrogens is 206 g/mol. The summed E-state index contributed by atoms with van der Waals surface area (Å²) in [5.74, 6) is 0. The lowest BCUT2D eigenvalue weighted by atomic mass is 10.2. The number of aromatic nitrogens is 1. The van der Waals surface area contributed by atoms with Crippen LogP contribution in [0, 0.1) is 0 Å². The van der Waals surface area contributed by atoms with Crippen LogP contribution in [0.3, 0.4) is 0 Å². The summed E-state index contributed by atoms with van der Waals surface area (Å²) in [6, 6.07) is 3.58. The third-order valence-electron chi connectivity index (χ3n) is 1.24. The Hall–Kier alpha value is -0.830. The fourth-order valence-electron chi connectivity index (χ4n) is 0.737. The molecule has 0 fully saturated rings. The molecule has 0 atom stereocenters. The zero-order valence-corrected chi connectivity index (χ0v) is 7.47. The predicted octanol–water partition coefficient (Wildman–Crippen LogP) is 1.78. The van der Waals surface area contributed by atoms with E-state index in [1.165, 1.54) is 0 Å². The maximum absolute atomic E-state index is 11.0. The van der Waals surface area contributed by atoms with Crippen molar-refractivity contribution in [3.8, 4) is 0 Å². The monoisotopic (exact) mass is 213 g/mol. The van der Waals surface area contributed by atoms with Gasteiger partial charge in [-0.3, -0.25) is 4.79 Å². The van der Waals surface area contributed by atoms with E-state index >= 15 is 0 Å². The van der Waals surface area contributed by atoms with Crippen molar-refractivity contribution in [3.05, 3.63) is 40.3 Å². The average molecular weight is 214 g/mol. The van der Waals surface area contributed by atoms with Crippen molar-refractivity contribution in [2.75, 3.05) is 5.33 Å². The molecule has 1 aromatic rings. The van der Waals surface area contributed by atoms with Gasteiger partial charge in [-0.05, 0) is 12.1 Å². The van der Waals surface area contributed by atoms with Crippen LogP contribution in [0.25, 0.3) is 6.08 Å². The Balaban J connectivity index is 2.95. The minimum absolute atomic E-state index is 0.0512. The zero-order valence-electron chi connectivity index (χ0n) is 5.88. The Bertz CT molecular complexity index is 303. The van der Waals surface area contributed by atoms with Crippen LogP contribution < -0.4 is 5.56 Å². The average Bonchev–Trinajstić information content (AvgIpc) is 2.03. The van der Waals surface area contributed by atoms with E-state index in [-0.39, 0.29) is 5.56 Å². The number of hydrogen-bond acceptors (Lipinski definition) is 1. The van der Waals surface area contributed by atoms with Gasteiger partial charge in [0.25, 0.3) is 5.56 Å². The molecule has 0 aliphatic heterocycles. The Morgan fingerprint density at radius 2 is 2.45 bits per heavy atom. The molecule has 0 bridgehead atoms. The smallest absolute Gasteiger partial charge is 0.255 e. The second kappa shape index (κ2) is 4.13. The van der Waals surface area contributed by atoms with Crippen molar-refractivity contribution >= 4 is 22.0 Å². The normalized spacial score (nSPS) is 10.6. The molecule has 0 amide bonds. The number of nitrogens with one attached hydrogen (secondary N) is 1. The lowest BCUT2D eigenvalue weighted by molar-refractivity contribution is 1.23. The minimum Gasteiger partial charge on any atom is -0.329 e. The third-order valence-corrected chi connectivity index (χ3v) is 1.61. The molecule has 0 saturated heterocycles. The molecule has 0 spiro atoms. The van der Waals surface area contributed by atoms with Gasteiger partial charge in [0, 0.05) is 17.1 Å². The molecule has 3 heteroatoms. The molecule has 0 radical (unpaired) electrons. The van der Waals surface area contributed by atoms with Gasteiger partial charge in [0.2, 0.25) is 0 Å². The van der Waals surface area contributed by atoms with E-state index in [1.807, 2.05) is 6.08 Å². The van der Waals surface area contributed by atoms with Crippen molar-refractivity contribution in [1.82, 2.24) is 4.98 Å². The van der Waals surface area contributed by atoms with Crippen LogP contribution in [-0.2, 0) is 0 Å². The van der Waals surface area contributed by atoms with E-state index in [0.29, 0.717) is 5.56 Å². The van der Waals surface area contributed by atoms with Crippen molar-refractivity contribution < 1.29 is 0 Å². The summed E-state index contributed by atoms with van der Waals surface area (Å²) in [5, 5.41) is 0.765. The summed E-state index contributed by atoms with van der Waals surface area (Å²) in [4.78, 5) is 13.6. The number of halogens is 1. The Labute approximate surface area is 73.1 Å². The summed E-state index contributed by atoms with van der Waals surface area (Å²) in [7, 11) is 0. The Kier molecular flexibility index (Phi) is 3.11. The van der Waals surface area contributed by atoms with Crippen molar-refractivity contribution in [2.24, 2.45) is 0 Å². The maximum Gasteiger partial charge on any atom is 0.255 e. The van der Waals surface area contributed by atoms with E-state index in [0.717, 1.165) is 5.33 Å². The lowest BCUT2D eigenvalue weighted by Crippen LogP contribution is -2.06. The highest BCUT2D eigenvalue weighted by molar-refractivity contribution is 9.09. The molecule has 0 aliphatic carbocycles. The molecular formula is C8H8BrNO. The number of alkyl halides is 1. The van der Waals surface area contributed by atoms with Gasteiger partial charge in [-0.25, -0.2) is 0 Å². The molecule has 11 heavy (non-hydrogen) atoms. The molecule has 2 nitrogen and oxygen atoms in total. The van der Waals surface area contributed by atoms with Gasteiger partial charge < -0.3 is 4.98 Å². The molecule has 1 heterocycles. The van der Waals surface area contributed by atoms with E-state index in [4.69, 9.17) is 0 Å². The fourth-order valence-corrected chi connectivity index (χ4v) is 0.924. The summed E-state index contributed by atoms with van der Waals surface area (Å²) in [6.45, 7) is 0. The quantitative estimate of drug-likeness (QED) is 0.748. The molecule has 1 N–H and O–H groups in total. The molecule has 0 aliphatic rings. The van der Waals surface area contributed by atoms with Crippen LogP contribution in [0.2, 0.25) is 0 Å². The van der Waals surface area contributed by atoms with Crippen LogP contribution >= 0.6 is 15.9 Å². The maximum atomic E-state index is 11.0. The number of rotatable bonds is 2. The lowest BCUT2D eigenvalue weighted by Gasteiger charge is -1.88. The number of allylic oxidation sites excluding steroid dienone is 1. The molecule has 1 rings (SSSR count). The van der Waals surface area contributed by atoms with Crippen LogP contribution in [-0.4, -0.2) is 10.3 Å². The molecule has 0 unspecified atom stereocenters. The van der Waals surface area contributed by atoms with Gasteiger partial charge in [0.15, 0.2) is 0 Å². The highest BCUT2D eigenvalue weighted by atomic mass is 79.9. The number of aromatic amines is 1. The van der Waals surface area contributed by atoms with Gasteiger partial charge in [0.05, 0.1) is 0 Å². The van der Waals surface area contributed by atoms with Gasteiger partial charge in [0.1, 0.15) is 0 Å². The summed E-state index contributed by atoms with van der Waals surface area (Å²) >= 11 is 3.23. The highest BCUT2D eigenvalue weighted by Crippen LogP contribution is 1.93. The van der Waals surface area contributed by atoms with Gasteiger partial charge >= 0.3 is 0 Å². The molecule has 1 aromatic heterocycles. The zero-order chi connectivity index (χ0) is 8.10. The van der Waals surface area contributed by atoms with Crippen molar-refractivity contribution in [3.63, 3.8) is 0 Å². The van der Waals surface area contributed by atoms with E-state index in [1.54, 1.807) is 24.4 Å². The Morgan fingerprint density at radius 1 is 1.64 bits per heavy atom. The first kappa shape index (κ1) is 8.27. The SMILES string of the molecule is O=c1[nH]cccc1C=CCBr. The highest BCUT2D eigenvalue weighted by Gasteiger charge is 1.89. The third kappa shape index (κ3) is 2.35. The minimum atomic E-state index is -0.0512. The van der Waals surface area contributed by atoms with E-state index < -0.39 is 0 Å². The predicted molar refractivity (Wildman–Crippen MR) is 49.9 cm³/mol. The standard InChI is InChI=1S/C8H8BrNO/c9-5-1-3-7-4-2-6-10-8(7)11/h1-4,6H,5H2,(H,10,11). The van der Waals surface area contributed by atoms with Crippen LogP contribution in [0.1, 0.15) is 5.56 Å². The van der Waals surface area contributed by atoms with Crippen molar-refractivity contribution in [2.45, 2.75) is 0 Å². The first-order valence-electron chi connectivity index (χ1n) is 3.25. The van der Waals surface area contributed by atoms with Gasteiger partial charge in [-0.15, -0.1) is 0 Å². The van der Waals surface area contributed by atoms with Crippen molar-refractivity contribution in [1.29, 1.82) is 0 Å². The summed E-state index contributed by atoms with van der Waals surface area (Å²) in [5.41, 5.74) is 0.636. The number of H-pyrrole nitrogens is 1. The largest absolute Gasteiger partial charge is 0.329 e. The Morgan fingerprint density at radius 3 is 3.09 bits per heavy atom. The molecule has 0 saturated carbocycles. The first-order chi connectivity index (χ1) is 5.34. The summed E-state index contributed by atoms with van der Waals surface area (Å²) in [6.07, 6.45) is 5.28. The number of pyridine rings is 1. The van der Waals surface area contributed by atoms with E-state index in [2.05, 4.69) is 20.9 Å². The molecule has 0 aromatic carbocycles. The van der Waals surface area contributed by atoms with Crippen LogP contribution in [0.4, 0.5) is 0 Å². The first-order valence-corrected chi connectivity index (χ1v) is 4.37. The second-order valence-corrected chi connectivity index (χ2v) is 2.66. The van der Waals surface area contributed by atoms with Crippen LogP contribution in [0.15, 0.2) is 29.2 Å². The van der Waals surface area contributed by atoms with Crippen LogP contribution in [0.5, 0.6) is 0 Å². The topological polar surface area (TPSA) is 32.9 Å². The number of hydrogen-bond donors (Lipinski definition) is 1. The van der Waals surface area contributed by atoms with Gasteiger partial charge in [-0.1, -0.05) is 28.1 Å². The summed E-state index contributed by atoms with van der Waals surface area (Å²) < 4.78 is 0.